The summed E-state index contributed by atoms with van der Waals surface area (Å²) in [5.41, 5.74) is 0.298. The summed E-state index contributed by atoms with van der Waals surface area (Å²) in [5.74, 6) is -5.36. The average molecular weight is 581 g/mol. The molecule has 0 atom stereocenters. The second kappa shape index (κ2) is 13.0. The lowest BCUT2D eigenvalue weighted by Crippen LogP contribution is -2.24. The van der Waals surface area contributed by atoms with Gasteiger partial charge in [0.15, 0.2) is 11.6 Å². The number of oxime groups is 1. The first-order valence-electron chi connectivity index (χ1n) is 9.29. The van der Waals surface area contributed by atoms with Gasteiger partial charge in [0.1, 0.15) is 12.4 Å². The van der Waals surface area contributed by atoms with E-state index in [9.17, 15) is 22.8 Å². The van der Waals surface area contributed by atoms with Gasteiger partial charge in [0.05, 0.1) is 49.8 Å². The minimum absolute atomic E-state index is 0.119. The molecule has 0 saturated heterocycles. The first-order valence-corrected chi connectivity index (χ1v) is 10.4. The summed E-state index contributed by atoms with van der Waals surface area (Å²) < 4.78 is 48.8. The van der Waals surface area contributed by atoms with Crippen LogP contribution < -0.4 is 10.8 Å². The van der Waals surface area contributed by atoms with Gasteiger partial charge in [0, 0.05) is 9.13 Å². The molecule has 0 spiro atoms. The number of nitrogens with one attached hydrogen (secondary N) is 2. The van der Waals surface area contributed by atoms with Gasteiger partial charge in [-0.2, -0.15) is 5.48 Å². The molecule has 9 nitrogen and oxygen atoms in total. The molecule has 0 bridgehead atoms. The second-order valence-electron chi connectivity index (χ2n) is 6.17. The fraction of sp³-hybridized carbons (Fsp3) is 0.250. The van der Waals surface area contributed by atoms with Crippen molar-refractivity contribution in [3.63, 3.8) is 0 Å². The lowest BCUT2D eigenvalue weighted by atomic mass is 10.1. The van der Waals surface area contributed by atoms with Crippen LogP contribution in [0.4, 0.5) is 24.5 Å². The number of hydrogen-bond donors (Lipinski definition) is 3. The van der Waals surface area contributed by atoms with Crippen LogP contribution >= 0.6 is 22.6 Å². The SMILES string of the molecule is COC(=O)CCON=Cc1cc(C(=O)ONCCO)c(Nc2ccc(I)cc2F)c(F)c1F. The molecule has 0 aliphatic heterocycles. The van der Waals surface area contributed by atoms with Gasteiger partial charge in [0.2, 0.25) is 0 Å². The molecule has 0 aromatic heterocycles. The van der Waals surface area contributed by atoms with Crippen molar-refractivity contribution >= 4 is 52.1 Å². The first-order chi connectivity index (χ1) is 15.8. The van der Waals surface area contributed by atoms with Gasteiger partial charge < -0.3 is 24.8 Å². The number of halogens is 4. The van der Waals surface area contributed by atoms with Crippen LogP contribution in [0.15, 0.2) is 29.4 Å². The highest BCUT2D eigenvalue weighted by Crippen LogP contribution is 2.30. The minimum Gasteiger partial charge on any atom is -0.469 e. The Balaban J connectivity index is 2.37. The van der Waals surface area contributed by atoms with Gasteiger partial charge in [-0.1, -0.05) is 5.16 Å². The zero-order valence-electron chi connectivity index (χ0n) is 17.2. The van der Waals surface area contributed by atoms with Crippen molar-refractivity contribution in [1.29, 1.82) is 0 Å². The van der Waals surface area contributed by atoms with Gasteiger partial charge in [-0.25, -0.2) is 18.0 Å². The summed E-state index contributed by atoms with van der Waals surface area (Å²) in [6.45, 7) is -0.657. The van der Waals surface area contributed by atoms with Crippen molar-refractivity contribution in [2.24, 2.45) is 5.16 Å². The molecule has 0 saturated carbocycles. The van der Waals surface area contributed by atoms with E-state index in [1.165, 1.54) is 19.2 Å². The molecule has 13 heteroatoms. The van der Waals surface area contributed by atoms with Crippen LogP contribution in [0.2, 0.25) is 0 Å². The van der Waals surface area contributed by atoms with Crippen LogP contribution in [0.1, 0.15) is 22.3 Å². The number of nitrogens with zero attached hydrogens (tertiary/aromatic N) is 1. The van der Waals surface area contributed by atoms with E-state index in [0.29, 0.717) is 3.57 Å². The van der Waals surface area contributed by atoms with E-state index in [-0.39, 0.29) is 31.9 Å². The van der Waals surface area contributed by atoms with E-state index in [1.54, 1.807) is 0 Å². The largest absolute Gasteiger partial charge is 0.469 e. The maximum Gasteiger partial charge on any atom is 0.359 e. The highest BCUT2D eigenvalue weighted by Gasteiger charge is 2.24. The van der Waals surface area contributed by atoms with Gasteiger partial charge in [0.25, 0.3) is 0 Å². The Morgan fingerprint density at radius 1 is 1.21 bits per heavy atom. The summed E-state index contributed by atoms with van der Waals surface area (Å²) in [4.78, 5) is 33.0. The molecule has 0 radical (unpaired) electrons. The number of benzene rings is 2. The van der Waals surface area contributed by atoms with Crippen molar-refractivity contribution in [2.45, 2.75) is 6.42 Å². The van der Waals surface area contributed by atoms with Crippen LogP contribution in [0.3, 0.4) is 0 Å². The van der Waals surface area contributed by atoms with Crippen LogP contribution in [-0.4, -0.2) is 50.1 Å². The Morgan fingerprint density at radius 3 is 2.64 bits per heavy atom. The Hall–Kier alpha value is -2.91. The van der Waals surface area contributed by atoms with Crippen LogP contribution in [0.25, 0.3) is 0 Å². The van der Waals surface area contributed by atoms with Gasteiger partial charge in [-0.05, 0) is 46.9 Å². The third-order valence-electron chi connectivity index (χ3n) is 3.92. The van der Waals surface area contributed by atoms with E-state index in [1.807, 2.05) is 22.6 Å². The van der Waals surface area contributed by atoms with Gasteiger partial charge in [-0.15, -0.1) is 0 Å². The molecule has 0 fully saturated rings. The van der Waals surface area contributed by atoms with E-state index in [4.69, 9.17) is 14.8 Å². The number of aliphatic hydroxyl groups is 1. The number of methoxy groups -OCH3 is 1. The Bertz CT molecular complexity index is 1040. The lowest BCUT2D eigenvalue weighted by molar-refractivity contribution is -0.141. The second-order valence-corrected chi connectivity index (χ2v) is 7.41. The van der Waals surface area contributed by atoms with Crippen LogP contribution in [-0.2, 0) is 19.2 Å². The molecule has 33 heavy (non-hydrogen) atoms. The van der Waals surface area contributed by atoms with Crippen molar-refractivity contribution in [2.75, 3.05) is 32.2 Å². The average Bonchev–Trinajstić information content (AvgIpc) is 2.79. The van der Waals surface area contributed by atoms with Gasteiger partial charge >= 0.3 is 11.9 Å². The quantitative estimate of drug-likeness (QED) is 0.122. The van der Waals surface area contributed by atoms with Crippen molar-refractivity contribution in [1.82, 2.24) is 5.48 Å². The van der Waals surface area contributed by atoms with Crippen molar-refractivity contribution < 1.29 is 42.3 Å². The zero-order valence-corrected chi connectivity index (χ0v) is 19.3. The highest BCUT2D eigenvalue weighted by atomic mass is 127. The number of anilines is 2. The Kier molecular flexibility index (Phi) is 10.3. The summed E-state index contributed by atoms with van der Waals surface area (Å²) in [6.07, 6.45) is 0.673. The summed E-state index contributed by atoms with van der Waals surface area (Å²) in [6, 6.07) is 4.89. The smallest absolute Gasteiger partial charge is 0.359 e. The number of carbonyl (C=O) groups is 2. The van der Waals surface area contributed by atoms with E-state index in [0.717, 1.165) is 18.3 Å². The molecule has 0 heterocycles. The van der Waals surface area contributed by atoms with Crippen molar-refractivity contribution in [3.8, 4) is 0 Å². The number of hydrogen-bond acceptors (Lipinski definition) is 9. The molecule has 2 aromatic carbocycles. The predicted octanol–water partition coefficient (Wildman–Crippen LogP) is 3.02. The van der Waals surface area contributed by atoms with E-state index < -0.39 is 46.2 Å². The molecule has 2 aromatic rings. The summed E-state index contributed by atoms with van der Waals surface area (Å²) in [5, 5.41) is 14.6. The fourth-order valence-electron chi connectivity index (χ4n) is 2.34. The molecule has 2 rings (SSSR count). The van der Waals surface area contributed by atoms with E-state index in [2.05, 4.69) is 20.7 Å². The minimum atomic E-state index is -1.50. The normalized spacial score (nSPS) is 10.8. The van der Waals surface area contributed by atoms with Crippen molar-refractivity contribution in [3.05, 3.63) is 56.4 Å². The third kappa shape index (κ3) is 7.57. The fourth-order valence-corrected chi connectivity index (χ4v) is 2.80. The molecule has 0 aliphatic rings. The highest BCUT2D eigenvalue weighted by molar-refractivity contribution is 14.1. The number of ether oxygens (including phenoxy) is 1. The Labute approximate surface area is 200 Å². The first kappa shape index (κ1) is 26.3. The third-order valence-corrected chi connectivity index (χ3v) is 4.59. The number of rotatable bonds is 11. The number of aliphatic hydroxyl groups excluding tert-OH is 1. The lowest BCUT2D eigenvalue weighted by Gasteiger charge is -2.15. The summed E-state index contributed by atoms with van der Waals surface area (Å²) >= 11 is 1.87. The Morgan fingerprint density at radius 2 is 1.97 bits per heavy atom. The number of carbonyl (C=O) groups excluding carboxylic acids is 2. The molecular weight excluding hydrogens is 562 g/mol. The molecule has 0 amide bonds. The van der Waals surface area contributed by atoms with Crippen LogP contribution in [0, 0.1) is 21.0 Å². The van der Waals surface area contributed by atoms with E-state index >= 15 is 0 Å². The number of esters is 1. The maximum atomic E-state index is 14.9. The molecule has 3 N–H and O–H groups in total. The standard InChI is InChI=1S/C20H19F3IN3O6/c1-31-16(29)4-7-32-26-10-11-8-13(20(30)33-25-5-6-28)19(18(23)17(11)22)27-15-3-2-12(24)9-14(15)21/h2-3,8-10,25,27-28H,4-7H2,1H3. The topological polar surface area (TPSA) is 118 Å². The zero-order chi connectivity index (χ0) is 24.4. The molecular formula is C20H19F3IN3O6. The maximum absolute atomic E-state index is 14.9. The monoisotopic (exact) mass is 581 g/mol. The number of hydroxylamine groups is 1. The predicted molar refractivity (Wildman–Crippen MR) is 119 cm³/mol. The molecule has 0 unspecified atom stereocenters. The molecule has 178 valence electrons. The summed E-state index contributed by atoms with van der Waals surface area (Å²) in [7, 11) is 1.19. The van der Waals surface area contributed by atoms with Crippen LogP contribution in [0.5, 0.6) is 0 Å². The molecule has 0 aliphatic carbocycles. The van der Waals surface area contributed by atoms with Gasteiger partial charge in [-0.3, -0.25) is 4.79 Å².